The highest BCUT2D eigenvalue weighted by molar-refractivity contribution is 7.47. The van der Waals surface area contributed by atoms with Crippen LogP contribution in [0.2, 0.25) is 0 Å². The van der Waals surface area contributed by atoms with Crippen LogP contribution in [0, 0.1) is 0 Å². The quantitative estimate of drug-likeness (QED) is 0.0169. The maximum atomic E-state index is 13.1. The summed E-state index contributed by atoms with van der Waals surface area (Å²) in [6, 6.07) is 0. The second-order valence-corrected chi connectivity index (χ2v) is 30.0. The lowest BCUT2D eigenvalue weighted by atomic mass is 10.0. The molecule has 0 radical (unpaired) electrons. The molecule has 0 aromatic carbocycles. The average Bonchev–Trinajstić information content (AvgIpc) is 1.32. The third-order valence-electron chi connectivity index (χ3n) is 17.5. The zero-order valence-electron chi connectivity index (χ0n) is 61.8. The van der Waals surface area contributed by atoms with Crippen molar-refractivity contribution < 1.29 is 80.2 Å². The Kier molecular flexibility index (Phi) is 69.1. The molecular weight excluding hydrogens is 1260 g/mol. The van der Waals surface area contributed by atoms with Gasteiger partial charge >= 0.3 is 39.5 Å². The molecule has 0 aromatic heterocycles. The van der Waals surface area contributed by atoms with Crippen LogP contribution in [0.3, 0.4) is 0 Å². The van der Waals surface area contributed by atoms with Crippen LogP contribution in [0.4, 0.5) is 0 Å². The fraction of sp³-hybridized carbons (Fsp3) is 0.896. The van der Waals surface area contributed by atoms with Gasteiger partial charge in [-0.15, -0.1) is 0 Å². The van der Waals surface area contributed by atoms with Crippen LogP contribution < -0.4 is 0 Å². The predicted octanol–water partition coefficient (Wildman–Crippen LogP) is 22.6. The number of carbonyl (C=O) groups is 4. The predicted molar refractivity (Wildman–Crippen MR) is 391 cm³/mol. The van der Waals surface area contributed by atoms with E-state index in [1.807, 2.05) is 0 Å². The molecule has 3 N–H and O–H groups in total. The number of aliphatic hydroxyl groups is 1. The third kappa shape index (κ3) is 70.0. The summed E-state index contributed by atoms with van der Waals surface area (Å²) in [6.45, 7) is 4.90. The number of unbranched alkanes of at least 4 members (excludes halogenated alkanes) is 47. The van der Waals surface area contributed by atoms with Gasteiger partial charge < -0.3 is 33.8 Å². The van der Waals surface area contributed by atoms with Gasteiger partial charge in [0.1, 0.15) is 19.3 Å². The van der Waals surface area contributed by atoms with Gasteiger partial charge in [0.05, 0.1) is 26.4 Å². The van der Waals surface area contributed by atoms with Gasteiger partial charge in [-0.3, -0.25) is 37.3 Å². The number of allylic oxidation sites excluding steroid dienone is 4. The van der Waals surface area contributed by atoms with E-state index in [4.69, 9.17) is 37.0 Å². The number of ether oxygens (including phenoxy) is 4. The lowest BCUT2D eigenvalue weighted by molar-refractivity contribution is -0.161. The van der Waals surface area contributed by atoms with Crippen LogP contribution in [-0.2, 0) is 65.4 Å². The molecule has 96 heavy (non-hydrogen) atoms. The van der Waals surface area contributed by atoms with Crippen LogP contribution in [0.1, 0.15) is 387 Å². The number of phosphoric ester groups is 2. The lowest BCUT2D eigenvalue weighted by Gasteiger charge is -2.21. The van der Waals surface area contributed by atoms with E-state index in [-0.39, 0.29) is 25.7 Å². The minimum atomic E-state index is -4.96. The number of phosphoric acid groups is 2. The van der Waals surface area contributed by atoms with E-state index in [0.29, 0.717) is 25.7 Å². The summed E-state index contributed by atoms with van der Waals surface area (Å²) in [6.07, 6.45) is 64.7. The van der Waals surface area contributed by atoms with Gasteiger partial charge in [-0.1, -0.05) is 335 Å². The van der Waals surface area contributed by atoms with Gasteiger partial charge in [-0.25, -0.2) is 9.13 Å². The van der Waals surface area contributed by atoms with Gasteiger partial charge in [-0.2, -0.15) is 0 Å². The Bertz CT molecular complexity index is 1920. The number of hydrogen-bond donors (Lipinski definition) is 3. The molecule has 2 unspecified atom stereocenters. The van der Waals surface area contributed by atoms with Gasteiger partial charge in [0.15, 0.2) is 12.2 Å². The van der Waals surface area contributed by atoms with Gasteiger partial charge in [0.2, 0.25) is 0 Å². The average molecular weight is 1410 g/mol. The molecule has 0 bridgehead atoms. The molecule has 19 heteroatoms. The Morgan fingerprint density at radius 3 is 0.760 bits per heavy atom. The molecule has 0 aromatic rings. The molecule has 5 atom stereocenters. The summed E-state index contributed by atoms with van der Waals surface area (Å²) in [4.78, 5) is 72.7. The molecule has 0 spiro atoms. The summed E-state index contributed by atoms with van der Waals surface area (Å²) in [5.41, 5.74) is 0. The van der Waals surface area contributed by atoms with Crippen molar-refractivity contribution in [2.45, 2.75) is 406 Å². The van der Waals surface area contributed by atoms with E-state index in [9.17, 15) is 43.2 Å². The molecule has 0 aliphatic heterocycles. The highest BCUT2D eigenvalue weighted by Gasteiger charge is 2.30. The molecule has 0 heterocycles. The molecule has 17 nitrogen and oxygen atoms in total. The molecule has 0 aliphatic rings. The van der Waals surface area contributed by atoms with Crippen molar-refractivity contribution in [2.75, 3.05) is 39.6 Å². The molecule has 0 amide bonds. The molecule has 0 saturated heterocycles. The van der Waals surface area contributed by atoms with Gasteiger partial charge in [0.25, 0.3) is 0 Å². The van der Waals surface area contributed by atoms with Crippen LogP contribution in [0.25, 0.3) is 0 Å². The molecule has 0 saturated carbocycles. The summed E-state index contributed by atoms with van der Waals surface area (Å²) < 4.78 is 68.4. The largest absolute Gasteiger partial charge is 0.472 e. The number of hydrogen-bond acceptors (Lipinski definition) is 15. The number of aliphatic hydroxyl groups excluding tert-OH is 1. The number of rotatable bonds is 76. The van der Waals surface area contributed by atoms with Gasteiger partial charge in [0, 0.05) is 25.7 Å². The van der Waals surface area contributed by atoms with Crippen molar-refractivity contribution in [3.05, 3.63) is 24.3 Å². The summed E-state index contributed by atoms with van der Waals surface area (Å²) in [5.74, 6) is -2.14. The standard InChI is InChI=1S/C77H146O17P2/c1-5-9-13-17-21-25-29-31-33-34-35-36-37-38-40-42-44-48-52-56-60-64-77(82)94-73(68-88-75(80)62-58-54-50-47-43-41-39-32-30-26-22-18-14-10-6-2)70-92-96(85,86)90-66-71(78)65-89-95(83,84)91-69-72(93-76(81)63-59-55-51-46-28-24-20-16-12-8-4)67-87-74(79)61-57-53-49-45-27-23-19-15-11-7-3/h26,30,32,39,71-73,78H,5-25,27-29,31,33-38,40-70H2,1-4H3,(H,83,84)(H,85,86)/b30-26-,39-32-/t71-,72+,73+/m0/s1. The molecule has 0 rings (SSSR count). The van der Waals surface area contributed by atoms with Crippen molar-refractivity contribution in [1.29, 1.82) is 0 Å². The molecular formula is C77H146O17P2. The van der Waals surface area contributed by atoms with Crippen molar-refractivity contribution in [1.82, 2.24) is 0 Å². The lowest BCUT2D eigenvalue weighted by Crippen LogP contribution is -2.30. The first-order valence-corrected chi connectivity index (χ1v) is 42.6. The molecule has 0 fully saturated rings. The van der Waals surface area contributed by atoms with Crippen molar-refractivity contribution >= 4 is 39.5 Å². The van der Waals surface area contributed by atoms with Crippen LogP contribution >= 0.6 is 15.6 Å². The first kappa shape index (κ1) is 93.5. The number of carbonyl (C=O) groups excluding carboxylic acids is 4. The molecule has 566 valence electrons. The molecule has 0 aliphatic carbocycles. The zero-order chi connectivity index (χ0) is 70.4. The van der Waals surface area contributed by atoms with Crippen molar-refractivity contribution in [2.24, 2.45) is 0 Å². The van der Waals surface area contributed by atoms with Gasteiger partial charge in [-0.05, 0) is 51.4 Å². The zero-order valence-corrected chi connectivity index (χ0v) is 63.6. The summed E-state index contributed by atoms with van der Waals surface area (Å²) in [7, 11) is -9.92. The Balaban J connectivity index is 5.22. The fourth-order valence-electron chi connectivity index (χ4n) is 11.4. The summed E-state index contributed by atoms with van der Waals surface area (Å²) in [5, 5.41) is 10.6. The second kappa shape index (κ2) is 71.0. The third-order valence-corrected chi connectivity index (χ3v) is 19.4. The van der Waals surface area contributed by atoms with Crippen LogP contribution in [0.5, 0.6) is 0 Å². The first-order chi connectivity index (χ1) is 46.7. The SMILES string of the molecule is CCCCCC/C=C\C=C/CCCCCCCC(=O)OC[C@H](COP(=O)(O)OC[C@@H](O)COP(=O)(O)OC[C@@H](COC(=O)CCCCCCCCCCCC)OC(=O)CCCCCCCCCCCC)OC(=O)CCCCCCCCCCCCCCCCCCCCCCC. The monoisotopic (exact) mass is 1410 g/mol. The van der Waals surface area contributed by atoms with E-state index in [2.05, 4.69) is 52.0 Å². The fourth-order valence-corrected chi connectivity index (χ4v) is 13.0. The Hall–Kier alpha value is -2.46. The Morgan fingerprint density at radius 2 is 0.500 bits per heavy atom. The summed E-state index contributed by atoms with van der Waals surface area (Å²) >= 11 is 0. The Morgan fingerprint density at radius 1 is 0.292 bits per heavy atom. The van der Waals surface area contributed by atoms with Crippen LogP contribution in [-0.4, -0.2) is 96.7 Å². The first-order valence-electron chi connectivity index (χ1n) is 39.6. The van der Waals surface area contributed by atoms with E-state index < -0.39 is 97.5 Å². The van der Waals surface area contributed by atoms with E-state index in [0.717, 1.165) is 109 Å². The highest BCUT2D eigenvalue weighted by atomic mass is 31.2. The van der Waals surface area contributed by atoms with Crippen molar-refractivity contribution in [3.8, 4) is 0 Å². The van der Waals surface area contributed by atoms with E-state index in [1.165, 1.54) is 199 Å². The normalized spacial score (nSPS) is 14.0. The minimum absolute atomic E-state index is 0.102. The number of esters is 4. The van der Waals surface area contributed by atoms with E-state index in [1.54, 1.807) is 0 Å². The van der Waals surface area contributed by atoms with Crippen molar-refractivity contribution in [3.63, 3.8) is 0 Å². The van der Waals surface area contributed by atoms with Crippen LogP contribution in [0.15, 0.2) is 24.3 Å². The maximum Gasteiger partial charge on any atom is 0.472 e. The van der Waals surface area contributed by atoms with E-state index >= 15 is 0 Å². The second-order valence-electron chi connectivity index (χ2n) is 27.1. The topological polar surface area (TPSA) is 237 Å². The minimum Gasteiger partial charge on any atom is -0.462 e. The highest BCUT2D eigenvalue weighted by Crippen LogP contribution is 2.45. The Labute approximate surface area is 586 Å². The maximum absolute atomic E-state index is 13.1. The smallest absolute Gasteiger partial charge is 0.462 e.